The predicted octanol–water partition coefficient (Wildman–Crippen LogP) is 4.24. The van der Waals surface area contributed by atoms with Crippen LogP contribution in [0.2, 0.25) is 0 Å². The number of hydrogen-bond donors (Lipinski definition) is 1. The minimum atomic E-state index is -0.230. The van der Waals surface area contributed by atoms with Crippen molar-refractivity contribution in [1.82, 2.24) is 0 Å². The van der Waals surface area contributed by atoms with Gasteiger partial charge in [0.15, 0.2) is 0 Å². The van der Waals surface area contributed by atoms with Crippen molar-refractivity contribution in [2.75, 3.05) is 18.5 Å². The molecule has 3 nitrogen and oxygen atoms in total. The Bertz CT molecular complexity index is 570. The van der Waals surface area contributed by atoms with Crippen LogP contribution in [0.5, 0.6) is 11.5 Å². The molecule has 112 valence electrons. The summed E-state index contributed by atoms with van der Waals surface area (Å²) in [6, 6.07) is 12.1. The Kier molecular flexibility index (Phi) is 5.43. The van der Waals surface area contributed by atoms with E-state index in [2.05, 4.69) is 5.32 Å². The van der Waals surface area contributed by atoms with E-state index in [1.165, 1.54) is 12.1 Å². The van der Waals surface area contributed by atoms with E-state index in [0.717, 1.165) is 22.7 Å². The van der Waals surface area contributed by atoms with Gasteiger partial charge in [-0.25, -0.2) is 4.39 Å². The molecule has 0 bridgehead atoms. The molecule has 4 heteroatoms. The van der Waals surface area contributed by atoms with Crippen molar-refractivity contribution >= 4 is 5.69 Å². The fourth-order valence-electron chi connectivity index (χ4n) is 1.98. The molecule has 2 aromatic rings. The summed E-state index contributed by atoms with van der Waals surface area (Å²) in [5.41, 5.74) is 1.87. The second-order valence-electron chi connectivity index (χ2n) is 4.50. The van der Waals surface area contributed by atoms with Crippen LogP contribution in [0.15, 0.2) is 42.5 Å². The third kappa shape index (κ3) is 4.38. The quantitative estimate of drug-likeness (QED) is 0.827. The first-order chi connectivity index (χ1) is 10.2. The number of hydrogen-bond acceptors (Lipinski definition) is 3. The van der Waals surface area contributed by atoms with Gasteiger partial charge in [-0.2, -0.15) is 0 Å². The molecule has 0 atom stereocenters. The molecule has 0 unspecified atom stereocenters. The maximum atomic E-state index is 12.9. The number of rotatable bonds is 7. The van der Waals surface area contributed by atoms with E-state index in [9.17, 15) is 4.39 Å². The van der Waals surface area contributed by atoms with Crippen LogP contribution in [-0.4, -0.2) is 13.2 Å². The summed E-state index contributed by atoms with van der Waals surface area (Å²) in [6.07, 6.45) is 0. The Balaban J connectivity index is 2.11. The number of ether oxygens (including phenoxy) is 2. The van der Waals surface area contributed by atoms with Crippen LogP contribution in [0.3, 0.4) is 0 Å². The first-order valence-corrected chi connectivity index (χ1v) is 7.11. The second kappa shape index (κ2) is 7.53. The second-order valence-corrected chi connectivity index (χ2v) is 4.50. The zero-order chi connectivity index (χ0) is 15.1. The molecule has 2 rings (SSSR count). The summed E-state index contributed by atoms with van der Waals surface area (Å²) in [4.78, 5) is 0. The van der Waals surface area contributed by atoms with Crippen molar-refractivity contribution in [3.05, 3.63) is 53.8 Å². The number of nitrogens with one attached hydrogen (secondary N) is 1. The van der Waals surface area contributed by atoms with Gasteiger partial charge in [0.1, 0.15) is 17.3 Å². The lowest BCUT2D eigenvalue weighted by Gasteiger charge is -2.14. The van der Waals surface area contributed by atoms with Gasteiger partial charge in [-0.15, -0.1) is 0 Å². The van der Waals surface area contributed by atoms with Crippen LogP contribution in [-0.2, 0) is 6.54 Å². The van der Waals surface area contributed by atoms with Crippen molar-refractivity contribution in [3.63, 3.8) is 0 Å². The van der Waals surface area contributed by atoms with Crippen LogP contribution >= 0.6 is 0 Å². The summed E-state index contributed by atoms with van der Waals surface area (Å²) in [7, 11) is 0. The third-order valence-corrected chi connectivity index (χ3v) is 2.96. The van der Waals surface area contributed by atoms with Crippen LogP contribution < -0.4 is 14.8 Å². The molecule has 21 heavy (non-hydrogen) atoms. The topological polar surface area (TPSA) is 30.5 Å². The largest absolute Gasteiger partial charge is 0.494 e. The summed E-state index contributed by atoms with van der Waals surface area (Å²) < 4.78 is 24.0. The lowest BCUT2D eigenvalue weighted by molar-refractivity contribution is 0.332. The van der Waals surface area contributed by atoms with Gasteiger partial charge in [0.2, 0.25) is 0 Å². The van der Waals surface area contributed by atoms with Crippen molar-refractivity contribution in [1.29, 1.82) is 0 Å². The maximum absolute atomic E-state index is 12.9. The number of anilines is 1. The van der Waals surface area contributed by atoms with E-state index >= 15 is 0 Å². The first-order valence-electron chi connectivity index (χ1n) is 7.11. The van der Waals surface area contributed by atoms with E-state index in [-0.39, 0.29) is 5.82 Å². The zero-order valence-corrected chi connectivity index (χ0v) is 12.4. The van der Waals surface area contributed by atoms with Crippen LogP contribution in [0.25, 0.3) is 0 Å². The molecular formula is C17H20FNO2. The number of halogens is 1. The van der Waals surface area contributed by atoms with Crippen molar-refractivity contribution in [2.24, 2.45) is 0 Å². The highest BCUT2D eigenvalue weighted by molar-refractivity contribution is 5.60. The van der Waals surface area contributed by atoms with Gasteiger partial charge in [0.25, 0.3) is 0 Å². The normalized spacial score (nSPS) is 10.2. The standard InChI is InChI=1S/C17H20FNO2/c1-3-20-15-9-10-17(21-4-2)16(11-15)19-12-13-5-7-14(18)8-6-13/h5-11,19H,3-4,12H2,1-2H3. The van der Waals surface area contributed by atoms with Crippen molar-refractivity contribution < 1.29 is 13.9 Å². The molecule has 0 saturated carbocycles. The monoisotopic (exact) mass is 289 g/mol. The average molecular weight is 289 g/mol. The fourth-order valence-corrected chi connectivity index (χ4v) is 1.98. The molecule has 1 N–H and O–H groups in total. The molecule has 2 aromatic carbocycles. The average Bonchev–Trinajstić information content (AvgIpc) is 2.49. The Labute approximate surface area is 124 Å². The highest BCUT2D eigenvalue weighted by Gasteiger charge is 2.06. The lowest BCUT2D eigenvalue weighted by atomic mass is 10.2. The highest BCUT2D eigenvalue weighted by atomic mass is 19.1. The zero-order valence-electron chi connectivity index (χ0n) is 12.4. The Hall–Kier alpha value is -2.23. The predicted molar refractivity (Wildman–Crippen MR) is 82.5 cm³/mol. The fraction of sp³-hybridized carbons (Fsp3) is 0.294. The van der Waals surface area contributed by atoms with E-state index in [4.69, 9.17) is 9.47 Å². The third-order valence-electron chi connectivity index (χ3n) is 2.96. The molecule has 0 radical (unpaired) electrons. The first kappa shape index (κ1) is 15.2. The Morgan fingerprint density at radius 2 is 1.67 bits per heavy atom. The van der Waals surface area contributed by atoms with Gasteiger partial charge in [-0.3, -0.25) is 0 Å². The van der Waals surface area contributed by atoms with Gasteiger partial charge >= 0.3 is 0 Å². The highest BCUT2D eigenvalue weighted by Crippen LogP contribution is 2.29. The number of benzene rings is 2. The van der Waals surface area contributed by atoms with Crippen LogP contribution in [0.4, 0.5) is 10.1 Å². The minimum Gasteiger partial charge on any atom is -0.494 e. The van der Waals surface area contributed by atoms with Gasteiger partial charge in [-0.05, 0) is 43.7 Å². The Morgan fingerprint density at radius 1 is 0.952 bits per heavy atom. The Morgan fingerprint density at radius 3 is 2.33 bits per heavy atom. The van der Waals surface area contributed by atoms with Crippen LogP contribution in [0, 0.1) is 5.82 Å². The lowest BCUT2D eigenvalue weighted by Crippen LogP contribution is -2.03. The van der Waals surface area contributed by atoms with Crippen LogP contribution in [0.1, 0.15) is 19.4 Å². The molecule has 0 fully saturated rings. The smallest absolute Gasteiger partial charge is 0.142 e. The van der Waals surface area contributed by atoms with Crippen molar-refractivity contribution in [3.8, 4) is 11.5 Å². The molecule has 0 aliphatic heterocycles. The molecule has 0 aliphatic rings. The van der Waals surface area contributed by atoms with E-state index in [1.54, 1.807) is 12.1 Å². The molecule has 0 saturated heterocycles. The molecule has 0 aliphatic carbocycles. The molecular weight excluding hydrogens is 269 g/mol. The minimum absolute atomic E-state index is 0.230. The van der Waals surface area contributed by atoms with E-state index < -0.39 is 0 Å². The van der Waals surface area contributed by atoms with Gasteiger partial charge in [0.05, 0.1) is 18.9 Å². The summed E-state index contributed by atoms with van der Waals surface area (Å²) in [5, 5.41) is 3.31. The van der Waals surface area contributed by atoms with E-state index in [0.29, 0.717) is 19.8 Å². The SMILES string of the molecule is CCOc1ccc(OCC)c(NCc2ccc(F)cc2)c1. The molecule has 0 heterocycles. The summed E-state index contributed by atoms with van der Waals surface area (Å²) in [6.45, 7) is 5.70. The van der Waals surface area contributed by atoms with E-state index in [1.807, 2.05) is 32.0 Å². The molecule has 0 amide bonds. The summed E-state index contributed by atoms with van der Waals surface area (Å²) >= 11 is 0. The van der Waals surface area contributed by atoms with Crippen molar-refractivity contribution in [2.45, 2.75) is 20.4 Å². The maximum Gasteiger partial charge on any atom is 0.142 e. The molecule has 0 spiro atoms. The molecule has 0 aromatic heterocycles. The van der Waals surface area contributed by atoms with Gasteiger partial charge in [0, 0.05) is 12.6 Å². The van der Waals surface area contributed by atoms with Gasteiger partial charge < -0.3 is 14.8 Å². The van der Waals surface area contributed by atoms with Gasteiger partial charge in [-0.1, -0.05) is 12.1 Å². The summed E-state index contributed by atoms with van der Waals surface area (Å²) in [5.74, 6) is 1.35.